The molecule has 0 aromatic heterocycles. The molecule has 1 heterocycles. The van der Waals surface area contributed by atoms with Gasteiger partial charge in [-0.2, -0.15) is 0 Å². The van der Waals surface area contributed by atoms with Crippen LogP contribution in [0.4, 0.5) is 5.69 Å². The number of fused-ring (bicyclic) bond motifs is 1. The molecule has 1 aliphatic rings. The van der Waals surface area contributed by atoms with Crippen molar-refractivity contribution in [2.75, 3.05) is 11.9 Å². The number of anilines is 1. The van der Waals surface area contributed by atoms with Crippen LogP contribution in [-0.2, 0) is 9.53 Å². The minimum atomic E-state index is -0.666. The summed E-state index contributed by atoms with van der Waals surface area (Å²) < 4.78 is 16.6. The second-order valence-electron chi connectivity index (χ2n) is 6.21. The molecule has 0 aliphatic carbocycles. The van der Waals surface area contributed by atoms with E-state index in [1.54, 1.807) is 18.2 Å². The summed E-state index contributed by atoms with van der Waals surface area (Å²) in [5, 5.41) is 2.77. The van der Waals surface area contributed by atoms with E-state index in [2.05, 4.69) is 5.32 Å². The first-order valence-corrected chi connectivity index (χ1v) is 6.61. The lowest BCUT2D eigenvalue weighted by molar-refractivity contribution is -0.125. The van der Waals surface area contributed by atoms with Crippen molar-refractivity contribution in [2.45, 2.75) is 46.0 Å². The van der Waals surface area contributed by atoms with Gasteiger partial charge in [0.15, 0.2) is 11.5 Å². The highest BCUT2D eigenvalue weighted by Crippen LogP contribution is 2.40. The van der Waals surface area contributed by atoms with E-state index < -0.39 is 5.79 Å². The van der Waals surface area contributed by atoms with Crippen LogP contribution in [-0.4, -0.2) is 23.9 Å². The molecule has 1 aromatic rings. The molecule has 0 atom stereocenters. The van der Waals surface area contributed by atoms with Gasteiger partial charge in [0.05, 0.1) is 5.60 Å². The molecule has 1 N–H and O–H groups in total. The highest BCUT2D eigenvalue weighted by Gasteiger charge is 2.31. The van der Waals surface area contributed by atoms with Gasteiger partial charge in [0.1, 0.15) is 6.61 Å². The van der Waals surface area contributed by atoms with E-state index in [0.717, 1.165) is 0 Å². The average Bonchev–Trinajstić information content (AvgIpc) is 2.59. The lowest BCUT2D eigenvalue weighted by atomic mass is 10.2. The topological polar surface area (TPSA) is 56.8 Å². The maximum Gasteiger partial charge on any atom is 0.250 e. The molecule has 0 unspecified atom stereocenters. The van der Waals surface area contributed by atoms with Crippen molar-refractivity contribution in [3.63, 3.8) is 0 Å². The molecule has 2 rings (SSSR count). The fourth-order valence-electron chi connectivity index (χ4n) is 1.78. The quantitative estimate of drug-likeness (QED) is 0.924. The van der Waals surface area contributed by atoms with Crippen molar-refractivity contribution in [1.29, 1.82) is 0 Å². The lowest BCUT2D eigenvalue weighted by Crippen LogP contribution is -2.29. The van der Waals surface area contributed by atoms with Crippen LogP contribution in [0.1, 0.15) is 34.6 Å². The largest absolute Gasteiger partial charge is 0.449 e. The molecule has 0 saturated carbocycles. The highest BCUT2D eigenvalue weighted by atomic mass is 16.7. The Morgan fingerprint density at radius 3 is 2.55 bits per heavy atom. The minimum Gasteiger partial charge on any atom is -0.449 e. The zero-order chi connectivity index (χ0) is 15.0. The zero-order valence-electron chi connectivity index (χ0n) is 12.6. The number of hydrogen-bond donors (Lipinski definition) is 1. The van der Waals surface area contributed by atoms with Crippen LogP contribution in [0.2, 0.25) is 0 Å². The van der Waals surface area contributed by atoms with Gasteiger partial charge in [0.25, 0.3) is 0 Å². The first-order valence-electron chi connectivity index (χ1n) is 6.61. The van der Waals surface area contributed by atoms with Crippen molar-refractivity contribution in [1.82, 2.24) is 0 Å². The first-order chi connectivity index (χ1) is 9.15. The number of carbonyl (C=O) groups excluding carboxylic acids is 1. The van der Waals surface area contributed by atoms with Gasteiger partial charge >= 0.3 is 0 Å². The van der Waals surface area contributed by atoms with Crippen LogP contribution in [0.5, 0.6) is 11.5 Å². The summed E-state index contributed by atoms with van der Waals surface area (Å²) in [6.45, 7) is 9.41. The molecule has 5 heteroatoms. The minimum absolute atomic E-state index is 0.0173. The Bertz CT molecular complexity index is 517. The molecule has 0 fully saturated rings. The fourth-order valence-corrected chi connectivity index (χ4v) is 1.78. The second-order valence-corrected chi connectivity index (χ2v) is 6.21. The number of hydrogen-bond acceptors (Lipinski definition) is 4. The third kappa shape index (κ3) is 3.87. The molecular weight excluding hydrogens is 258 g/mol. The molecule has 0 spiro atoms. The third-order valence-electron chi connectivity index (χ3n) is 2.58. The number of rotatable bonds is 3. The summed E-state index contributed by atoms with van der Waals surface area (Å²) in [5.74, 6) is 0.446. The predicted molar refractivity (Wildman–Crippen MR) is 76.1 cm³/mol. The molecule has 1 aromatic carbocycles. The first kappa shape index (κ1) is 14.7. The maximum absolute atomic E-state index is 11.8. The van der Waals surface area contributed by atoms with Crippen LogP contribution in [0.15, 0.2) is 18.2 Å². The standard InChI is InChI=1S/C15H21NO4/c1-14(2,3)18-9-13(17)16-10-6-7-11-12(8-10)20-15(4,5)19-11/h6-8H,9H2,1-5H3,(H,16,17). The van der Waals surface area contributed by atoms with E-state index >= 15 is 0 Å². The van der Waals surface area contributed by atoms with Crippen molar-refractivity contribution < 1.29 is 19.0 Å². The second kappa shape index (κ2) is 4.98. The molecule has 5 nitrogen and oxygen atoms in total. The molecule has 0 radical (unpaired) electrons. The van der Waals surface area contributed by atoms with Crippen molar-refractivity contribution >= 4 is 11.6 Å². The van der Waals surface area contributed by atoms with E-state index in [0.29, 0.717) is 17.2 Å². The zero-order valence-corrected chi connectivity index (χ0v) is 12.6. The number of benzene rings is 1. The number of amides is 1. The Morgan fingerprint density at radius 2 is 1.90 bits per heavy atom. The van der Waals surface area contributed by atoms with Gasteiger partial charge < -0.3 is 19.5 Å². The fraction of sp³-hybridized carbons (Fsp3) is 0.533. The smallest absolute Gasteiger partial charge is 0.250 e. The molecule has 1 aliphatic heterocycles. The summed E-state index contributed by atoms with van der Waals surface area (Å²) in [6, 6.07) is 5.31. The Morgan fingerprint density at radius 1 is 1.25 bits per heavy atom. The monoisotopic (exact) mass is 279 g/mol. The third-order valence-corrected chi connectivity index (χ3v) is 2.58. The summed E-state index contributed by atoms with van der Waals surface area (Å²) in [6.07, 6.45) is 0. The molecular formula is C15H21NO4. The summed E-state index contributed by atoms with van der Waals surface area (Å²) >= 11 is 0. The van der Waals surface area contributed by atoms with Crippen LogP contribution in [0.3, 0.4) is 0 Å². The highest BCUT2D eigenvalue weighted by molar-refractivity contribution is 5.92. The Hall–Kier alpha value is -1.75. The van der Waals surface area contributed by atoms with E-state index in [4.69, 9.17) is 14.2 Å². The van der Waals surface area contributed by atoms with Crippen molar-refractivity contribution in [3.8, 4) is 11.5 Å². The van der Waals surface area contributed by atoms with Gasteiger partial charge in [-0.3, -0.25) is 4.79 Å². The summed E-state index contributed by atoms with van der Waals surface area (Å²) in [4.78, 5) is 11.8. The van der Waals surface area contributed by atoms with Crippen molar-refractivity contribution in [3.05, 3.63) is 18.2 Å². The Labute approximate surface area is 119 Å². The SMILES string of the molecule is CC(C)(C)OCC(=O)Nc1ccc2c(c1)OC(C)(C)O2. The van der Waals surface area contributed by atoms with Gasteiger partial charge in [0.2, 0.25) is 11.7 Å². The normalized spacial score (nSPS) is 16.1. The lowest BCUT2D eigenvalue weighted by Gasteiger charge is -2.19. The van der Waals surface area contributed by atoms with Gasteiger partial charge in [-0.25, -0.2) is 0 Å². The summed E-state index contributed by atoms with van der Waals surface area (Å²) in [7, 11) is 0. The molecule has 0 bridgehead atoms. The van der Waals surface area contributed by atoms with Crippen LogP contribution < -0.4 is 14.8 Å². The summed E-state index contributed by atoms with van der Waals surface area (Å²) in [5.41, 5.74) is 0.323. The van der Waals surface area contributed by atoms with Gasteiger partial charge in [-0.15, -0.1) is 0 Å². The van der Waals surface area contributed by atoms with Gasteiger partial charge in [0, 0.05) is 25.6 Å². The van der Waals surface area contributed by atoms with Gasteiger partial charge in [-0.1, -0.05) is 0 Å². The Kier molecular flexibility index (Phi) is 3.65. The van der Waals surface area contributed by atoms with E-state index in [-0.39, 0.29) is 18.1 Å². The van der Waals surface area contributed by atoms with E-state index in [1.165, 1.54) is 0 Å². The number of ether oxygens (including phenoxy) is 3. The molecule has 110 valence electrons. The average molecular weight is 279 g/mol. The number of nitrogens with one attached hydrogen (secondary N) is 1. The molecule has 0 saturated heterocycles. The van der Waals surface area contributed by atoms with E-state index in [9.17, 15) is 4.79 Å². The van der Waals surface area contributed by atoms with Crippen LogP contribution >= 0.6 is 0 Å². The molecule has 20 heavy (non-hydrogen) atoms. The van der Waals surface area contributed by atoms with E-state index in [1.807, 2.05) is 34.6 Å². The maximum atomic E-state index is 11.8. The van der Waals surface area contributed by atoms with Gasteiger partial charge in [-0.05, 0) is 32.9 Å². The van der Waals surface area contributed by atoms with Crippen LogP contribution in [0.25, 0.3) is 0 Å². The number of carbonyl (C=O) groups is 1. The molecule has 1 amide bonds. The predicted octanol–water partition coefficient (Wildman–Crippen LogP) is 2.95. The van der Waals surface area contributed by atoms with Crippen LogP contribution in [0, 0.1) is 0 Å². The Balaban J connectivity index is 1.97. The van der Waals surface area contributed by atoms with Crippen molar-refractivity contribution in [2.24, 2.45) is 0 Å².